The Morgan fingerprint density at radius 2 is 2.22 bits per heavy atom. The summed E-state index contributed by atoms with van der Waals surface area (Å²) in [6.07, 6.45) is 0. The van der Waals surface area contributed by atoms with Crippen molar-refractivity contribution in [2.75, 3.05) is 24.3 Å². The summed E-state index contributed by atoms with van der Waals surface area (Å²) in [5, 5.41) is 2.71. The number of benzene rings is 1. The lowest BCUT2D eigenvalue weighted by Crippen LogP contribution is -2.32. The molecule has 0 aliphatic heterocycles. The zero-order valence-electron chi connectivity index (χ0n) is 10.6. The fraction of sp³-hybridized carbons (Fsp3) is 0.333. The van der Waals surface area contributed by atoms with Crippen LogP contribution in [0.2, 0.25) is 0 Å². The SMILES string of the molecule is CC(N)C(=O)Nc1ccc2oc(N(C)C)nc2c1. The fourth-order valence-corrected chi connectivity index (χ4v) is 1.44. The molecule has 0 fully saturated rings. The second-order valence-corrected chi connectivity index (χ2v) is 4.35. The molecule has 0 saturated carbocycles. The van der Waals surface area contributed by atoms with Gasteiger partial charge in [0.1, 0.15) is 5.52 Å². The molecule has 6 nitrogen and oxygen atoms in total. The van der Waals surface area contributed by atoms with Crippen molar-refractivity contribution in [3.05, 3.63) is 18.2 Å². The Morgan fingerprint density at radius 1 is 1.50 bits per heavy atom. The molecule has 1 amide bonds. The molecule has 1 aromatic heterocycles. The molecule has 6 heteroatoms. The highest BCUT2D eigenvalue weighted by atomic mass is 16.4. The molecule has 3 N–H and O–H groups in total. The van der Waals surface area contributed by atoms with E-state index < -0.39 is 6.04 Å². The Balaban J connectivity index is 2.29. The molecule has 18 heavy (non-hydrogen) atoms. The van der Waals surface area contributed by atoms with E-state index in [1.54, 1.807) is 30.0 Å². The second kappa shape index (κ2) is 4.66. The minimum absolute atomic E-state index is 0.231. The lowest BCUT2D eigenvalue weighted by molar-refractivity contribution is -0.117. The molecular weight excluding hydrogens is 232 g/mol. The molecule has 1 heterocycles. The normalized spacial score (nSPS) is 12.4. The number of oxazole rings is 1. The van der Waals surface area contributed by atoms with E-state index in [0.29, 0.717) is 22.8 Å². The first-order chi connectivity index (χ1) is 8.47. The van der Waals surface area contributed by atoms with Crippen LogP contribution >= 0.6 is 0 Å². The predicted molar refractivity (Wildman–Crippen MR) is 70.6 cm³/mol. The number of carbonyl (C=O) groups excluding carboxylic acids is 1. The molecule has 0 radical (unpaired) electrons. The molecular formula is C12H16N4O2. The van der Waals surface area contributed by atoms with Crippen LogP contribution in [0, 0.1) is 0 Å². The van der Waals surface area contributed by atoms with Crippen LogP contribution in [0.5, 0.6) is 0 Å². The monoisotopic (exact) mass is 248 g/mol. The Morgan fingerprint density at radius 3 is 2.83 bits per heavy atom. The van der Waals surface area contributed by atoms with Crippen molar-refractivity contribution in [1.29, 1.82) is 0 Å². The maximum absolute atomic E-state index is 11.5. The van der Waals surface area contributed by atoms with Gasteiger partial charge in [-0.2, -0.15) is 4.98 Å². The zero-order valence-corrected chi connectivity index (χ0v) is 10.6. The van der Waals surface area contributed by atoms with E-state index in [4.69, 9.17) is 10.2 Å². The van der Waals surface area contributed by atoms with E-state index >= 15 is 0 Å². The summed E-state index contributed by atoms with van der Waals surface area (Å²) in [6.45, 7) is 1.63. The molecule has 0 spiro atoms. The minimum atomic E-state index is -0.546. The van der Waals surface area contributed by atoms with Gasteiger partial charge in [0.25, 0.3) is 6.01 Å². The standard InChI is InChI=1S/C12H16N4O2/c1-7(13)11(17)14-8-4-5-10-9(6-8)15-12(18-10)16(2)3/h4-7H,13H2,1-3H3,(H,14,17). The van der Waals surface area contributed by atoms with Crippen LogP contribution in [-0.4, -0.2) is 31.0 Å². The molecule has 0 aliphatic rings. The van der Waals surface area contributed by atoms with E-state index in [9.17, 15) is 4.79 Å². The van der Waals surface area contributed by atoms with Gasteiger partial charge in [-0.15, -0.1) is 0 Å². The van der Waals surface area contributed by atoms with E-state index in [1.807, 2.05) is 14.1 Å². The van der Waals surface area contributed by atoms with Gasteiger partial charge in [0.2, 0.25) is 5.91 Å². The quantitative estimate of drug-likeness (QED) is 0.852. The smallest absolute Gasteiger partial charge is 0.297 e. The van der Waals surface area contributed by atoms with Gasteiger partial charge in [0, 0.05) is 19.8 Å². The van der Waals surface area contributed by atoms with Crippen molar-refractivity contribution in [1.82, 2.24) is 4.98 Å². The number of hydrogen-bond acceptors (Lipinski definition) is 5. The molecule has 2 aromatic rings. The van der Waals surface area contributed by atoms with Crippen molar-refractivity contribution in [2.45, 2.75) is 13.0 Å². The summed E-state index contributed by atoms with van der Waals surface area (Å²) in [6, 6.07) is 5.27. The largest absolute Gasteiger partial charge is 0.423 e. The van der Waals surface area contributed by atoms with Crippen LogP contribution in [0.4, 0.5) is 11.7 Å². The molecule has 1 atom stereocenters. The highest BCUT2D eigenvalue weighted by molar-refractivity contribution is 5.95. The average Bonchev–Trinajstić information content (AvgIpc) is 2.71. The van der Waals surface area contributed by atoms with Crippen LogP contribution in [0.3, 0.4) is 0 Å². The summed E-state index contributed by atoms with van der Waals surface area (Å²) in [7, 11) is 3.70. The van der Waals surface area contributed by atoms with Gasteiger partial charge in [0.15, 0.2) is 5.58 Å². The van der Waals surface area contributed by atoms with Gasteiger partial charge in [0.05, 0.1) is 6.04 Å². The average molecular weight is 248 g/mol. The number of carbonyl (C=O) groups is 1. The number of nitrogens with zero attached hydrogens (tertiary/aromatic N) is 2. The first kappa shape index (κ1) is 12.4. The number of nitrogens with two attached hydrogens (primary N) is 1. The van der Waals surface area contributed by atoms with Gasteiger partial charge >= 0.3 is 0 Å². The molecule has 0 aliphatic carbocycles. The summed E-state index contributed by atoms with van der Waals surface area (Å²) < 4.78 is 5.51. The highest BCUT2D eigenvalue weighted by Gasteiger charge is 2.10. The molecule has 1 aromatic carbocycles. The van der Waals surface area contributed by atoms with Crippen molar-refractivity contribution in [2.24, 2.45) is 5.73 Å². The summed E-state index contributed by atoms with van der Waals surface area (Å²) in [4.78, 5) is 17.6. The topological polar surface area (TPSA) is 84.4 Å². The Bertz CT molecular complexity index is 574. The minimum Gasteiger partial charge on any atom is -0.423 e. The van der Waals surface area contributed by atoms with Crippen molar-refractivity contribution >= 4 is 28.7 Å². The van der Waals surface area contributed by atoms with E-state index in [2.05, 4.69) is 10.3 Å². The summed E-state index contributed by atoms with van der Waals surface area (Å²) in [5.41, 5.74) is 7.52. The number of amides is 1. The van der Waals surface area contributed by atoms with Gasteiger partial charge < -0.3 is 20.4 Å². The highest BCUT2D eigenvalue weighted by Crippen LogP contribution is 2.23. The number of hydrogen-bond donors (Lipinski definition) is 2. The van der Waals surface area contributed by atoms with E-state index in [1.165, 1.54) is 0 Å². The number of aromatic nitrogens is 1. The van der Waals surface area contributed by atoms with Crippen molar-refractivity contribution in [3.63, 3.8) is 0 Å². The van der Waals surface area contributed by atoms with E-state index in [-0.39, 0.29) is 5.91 Å². The lowest BCUT2D eigenvalue weighted by Gasteiger charge is -2.06. The summed E-state index contributed by atoms with van der Waals surface area (Å²) >= 11 is 0. The molecule has 0 bridgehead atoms. The molecule has 2 rings (SSSR count). The Kier molecular flexibility index (Phi) is 3.20. The molecule has 0 saturated heterocycles. The van der Waals surface area contributed by atoms with Crippen LogP contribution < -0.4 is 16.0 Å². The van der Waals surface area contributed by atoms with Gasteiger partial charge in [-0.3, -0.25) is 4.79 Å². The Hall–Kier alpha value is -2.08. The second-order valence-electron chi connectivity index (χ2n) is 4.35. The van der Waals surface area contributed by atoms with Gasteiger partial charge in [-0.1, -0.05) is 0 Å². The molecule has 96 valence electrons. The number of anilines is 2. The van der Waals surface area contributed by atoms with Crippen LogP contribution in [-0.2, 0) is 4.79 Å². The van der Waals surface area contributed by atoms with Crippen molar-refractivity contribution in [3.8, 4) is 0 Å². The number of rotatable bonds is 3. The summed E-state index contributed by atoms with van der Waals surface area (Å²) in [5.74, 6) is -0.231. The first-order valence-corrected chi connectivity index (χ1v) is 5.62. The van der Waals surface area contributed by atoms with Gasteiger partial charge in [-0.25, -0.2) is 0 Å². The van der Waals surface area contributed by atoms with Gasteiger partial charge in [-0.05, 0) is 25.1 Å². The maximum atomic E-state index is 11.5. The van der Waals surface area contributed by atoms with Crippen molar-refractivity contribution < 1.29 is 9.21 Å². The number of fused-ring (bicyclic) bond motifs is 1. The van der Waals surface area contributed by atoms with Crippen LogP contribution in [0.25, 0.3) is 11.1 Å². The zero-order chi connectivity index (χ0) is 13.3. The van der Waals surface area contributed by atoms with Crippen LogP contribution in [0.1, 0.15) is 6.92 Å². The maximum Gasteiger partial charge on any atom is 0.297 e. The molecule has 1 unspecified atom stereocenters. The third kappa shape index (κ3) is 2.43. The lowest BCUT2D eigenvalue weighted by atomic mass is 10.2. The number of nitrogens with one attached hydrogen (secondary N) is 1. The Labute approximate surface area is 105 Å². The third-order valence-electron chi connectivity index (χ3n) is 2.44. The van der Waals surface area contributed by atoms with Crippen LogP contribution in [0.15, 0.2) is 22.6 Å². The van der Waals surface area contributed by atoms with E-state index in [0.717, 1.165) is 0 Å². The fourth-order valence-electron chi connectivity index (χ4n) is 1.44. The third-order valence-corrected chi connectivity index (χ3v) is 2.44. The predicted octanol–water partition coefficient (Wildman–Crippen LogP) is 1.18. The first-order valence-electron chi connectivity index (χ1n) is 5.62.